The Balaban J connectivity index is 1.95. The lowest BCUT2D eigenvalue weighted by Crippen LogP contribution is -2.25. The monoisotopic (exact) mass is 343 g/mol. The number of thiocarbonyl (C=S) groups is 1. The van der Waals surface area contributed by atoms with Gasteiger partial charge in [-0.15, -0.1) is 0 Å². The molecule has 6 nitrogen and oxygen atoms in total. The molecule has 0 N–H and O–H groups in total. The fourth-order valence-corrected chi connectivity index (χ4v) is 2.47. The molecule has 0 fully saturated rings. The summed E-state index contributed by atoms with van der Waals surface area (Å²) in [5.74, 6) is 0.340. The van der Waals surface area contributed by atoms with E-state index in [-0.39, 0.29) is 16.5 Å². The van der Waals surface area contributed by atoms with Crippen molar-refractivity contribution >= 4 is 34.3 Å². The van der Waals surface area contributed by atoms with Crippen LogP contribution in [0.1, 0.15) is 17.3 Å². The van der Waals surface area contributed by atoms with Gasteiger partial charge in [0.05, 0.1) is 12.6 Å². The van der Waals surface area contributed by atoms with E-state index in [9.17, 15) is 9.59 Å². The van der Waals surface area contributed by atoms with Crippen LogP contribution in [0.25, 0.3) is 11.1 Å². The summed E-state index contributed by atoms with van der Waals surface area (Å²) in [7, 11) is 1.56. The fourth-order valence-electron chi connectivity index (χ4n) is 2.20. The van der Waals surface area contributed by atoms with Crippen LogP contribution in [-0.4, -0.2) is 22.6 Å². The van der Waals surface area contributed by atoms with Crippen molar-refractivity contribution < 1.29 is 18.7 Å². The lowest BCUT2D eigenvalue weighted by atomic mass is 10.1. The van der Waals surface area contributed by atoms with Crippen LogP contribution >= 0.6 is 12.2 Å². The van der Waals surface area contributed by atoms with Crippen molar-refractivity contribution in [2.24, 2.45) is 0 Å². The molecular formula is C17H13NO5S. The van der Waals surface area contributed by atoms with Gasteiger partial charge in [0.2, 0.25) is 0 Å². The lowest BCUT2D eigenvalue weighted by Gasteiger charge is -2.07. The maximum absolute atomic E-state index is 12.1. The Hall–Kier alpha value is -2.93. The van der Waals surface area contributed by atoms with Gasteiger partial charge < -0.3 is 13.9 Å². The van der Waals surface area contributed by atoms with Gasteiger partial charge in [-0.2, -0.15) is 0 Å². The molecule has 3 aromatic rings. The Morgan fingerprint density at radius 1 is 1.12 bits per heavy atom. The van der Waals surface area contributed by atoms with Gasteiger partial charge in [0, 0.05) is 5.56 Å². The third-order valence-electron chi connectivity index (χ3n) is 3.43. The number of aromatic nitrogens is 1. The highest BCUT2D eigenvalue weighted by atomic mass is 32.1. The lowest BCUT2D eigenvalue weighted by molar-refractivity contribution is 0.101. The smallest absolute Gasteiger partial charge is 0.427 e. The van der Waals surface area contributed by atoms with Crippen LogP contribution in [0.15, 0.2) is 51.7 Å². The van der Waals surface area contributed by atoms with E-state index in [1.165, 1.54) is 13.0 Å². The van der Waals surface area contributed by atoms with Gasteiger partial charge in [-0.3, -0.25) is 4.79 Å². The van der Waals surface area contributed by atoms with E-state index in [0.717, 1.165) is 4.57 Å². The van der Waals surface area contributed by atoms with E-state index >= 15 is 0 Å². The molecule has 0 amide bonds. The molecule has 0 radical (unpaired) electrons. The summed E-state index contributed by atoms with van der Waals surface area (Å²) in [4.78, 5) is 23.5. The van der Waals surface area contributed by atoms with Crippen LogP contribution < -0.4 is 15.2 Å². The van der Waals surface area contributed by atoms with Gasteiger partial charge in [-0.1, -0.05) is 0 Å². The second-order valence-electron chi connectivity index (χ2n) is 4.99. The van der Waals surface area contributed by atoms with Gasteiger partial charge in [-0.25, -0.2) is 9.36 Å². The number of ether oxygens (including phenoxy) is 2. The van der Waals surface area contributed by atoms with Crippen molar-refractivity contribution in [1.29, 1.82) is 0 Å². The molecule has 0 bridgehead atoms. The topological polar surface area (TPSA) is 70.7 Å². The summed E-state index contributed by atoms with van der Waals surface area (Å²) < 4.78 is 16.9. The summed E-state index contributed by atoms with van der Waals surface area (Å²) in [5.41, 5.74) is 1.15. The van der Waals surface area contributed by atoms with Gasteiger partial charge >= 0.3 is 5.76 Å². The minimum absolute atomic E-state index is 0.0699. The molecule has 0 saturated heterocycles. The molecule has 3 rings (SSSR count). The van der Waals surface area contributed by atoms with Crippen LogP contribution in [0.4, 0.5) is 0 Å². The van der Waals surface area contributed by atoms with Crippen molar-refractivity contribution in [3.05, 3.63) is 58.6 Å². The van der Waals surface area contributed by atoms with E-state index in [1.807, 2.05) is 0 Å². The summed E-state index contributed by atoms with van der Waals surface area (Å²) >= 11 is 5.20. The average molecular weight is 343 g/mol. The fraction of sp³-hybridized carbons (Fsp3) is 0.118. The van der Waals surface area contributed by atoms with E-state index in [1.54, 1.807) is 43.5 Å². The highest BCUT2D eigenvalue weighted by molar-refractivity contribution is 7.80. The average Bonchev–Trinajstić information content (AvgIpc) is 2.90. The number of hydrogen-bond donors (Lipinski definition) is 0. The number of fused-ring (bicyclic) bond motifs is 1. The van der Waals surface area contributed by atoms with Crippen LogP contribution in [0, 0.1) is 0 Å². The highest BCUT2D eigenvalue weighted by Gasteiger charge is 2.16. The van der Waals surface area contributed by atoms with Gasteiger partial charge in [-0.05, 0) is 61.6 Å². The molecule has 1 heterocycles. The van der Waals surface area contributed by atoms with Crippen LogP contribution in [0.5, 0.6) is 11.5 Å². The second-order valence-corrected chi connectivity index (χ2v) is 5.33. The third-order valence-corrected chi connectivity index (χ3v) is 3.70. The number of carbonyl (C=O) groups is 1. The first-order valence-corrected chi connectivity index (χ1v) is 7.43. The SMILES string of the molecule is COc1ccc(OC(=S)n2c(=O)oc3cc(C(C)=O)ccc32)cc1. The highest BCUT2D eigenvalue weighted by Crippen LogP contribution is 2.19. The molecule has 0 aliphatic rings. The zero-order valence-corrected chi connectivity index (χ0v) is 13.8. The van der Waals surface area contributed by atoms with Crippen molar-refractivity contribution in [1.82, 2.24) is 4.57 Å². The minimum Gasteiger partial charge on any atom is -0.497 e. The summed E-state index contributed by atoms with van der Waals surface area (Å²) in [6, 6.07) is 11.5. The Morgan fingerprint density at radius 2 is 1.79 bits per heavy atom. The zero-order valence-electron chi connectivity index (χ0n) is 12.9. The molecule has 0 aliphatic heterocycles. The van der Waals surface area contributed by atoms with Crippen molar-refractivity contribution in [2.45, 2.75) is 6.92 Å². The quantitative estimate of drug-likeness (QED) is 0.538. The first-order chi connectivity index (χ1) is 11.5. The molecule has 7 heteroatoms. The predicted octanol–water partition coefficient (Wildman–Crippen LogP) is 3.02. The predicted molar refractivity (Wildman–Crippen MR) is 92.1 cm³/mol. The first kappa shape index (κ1) is 15.9. The van der Waals surface area contributed by atoms with Crippen LogP contribution in [0.3, 0.4) is 0 Å². The zero-order chi connectivity index (χ0) is 17.3. The molecule has 0 spiro atoms. The molecule has 0 atom stereocenters. The number of Topliss-reactive ketones (excluding diaryl/α,β-unsaturated/α-hetero) is 1. The Kier molecular flexibility index (Phi) is 4.18. The van der Waals surface area contributed by atoms with E-state index in [2.05, 4.69) is 0 Å². The Labute approximate surface area is 142 Å². The second kappa shape index (κ2) is 6.29. The molecule has 122 valence electrons. The Bertz CT molecular complexity index is 984. The molecule has 24 heavy (non-hydrogen) atoms. The standard InChI is InChI=1S/C17H13NO5S/c1-10(19)11-3-8-14-15(9-11)23-16(20)18(14)17(24)22-13-6-4-12(21-2)5-7-13/h3-9H,1-2H3. The molecule has 2 aromatic carbocycles. The van der Waals surface area contributed by atoms with E-state index in [4.69, 9.17) is 26.1 Å². The van der Waals surface area contributed by atoms with Gasteiger partial charge in [0.15, 0.2) is 11.4 Å². The Morgan fingerprint density at radius 3 is 2.42 bits per heavy atom. The number of rotatable bonds is 3. The van der Waals surface area contributed by atoms with Gasteiger partial charge in [0.25, 0.3) is 5.17 Å². The molecule has 0 saturated carbocycles. The summed E-state index contributed by atoms with van der Waals surface area (Å²) in [6.07, 6.45) is 0. The summed E-state index contributed by atoms with van der Waals surface area (Å²) in [5, 5.41) is -0.0699. The number of benzene rings is 2. The number of hydrogen-bond acceptors (Lipinski definition) is 6. The van der Waals surface area contributed by atoms with E-state index in [0.29, 0.717) is 22.6 Å². The summed E-state index contributed by atoms with van der Waals surface area (Å²) in [6.45, 7) is 1.44. The normalized spacial score (nSPS) is 10.6. The maximum atomic E-state index is 12.1. The third kappa shape index (κ3) is 2.93. The number of carbonyl (C=O) groups excluding carboxylic acids is 1. The van der Waals surface area contributed by atoms with Gasteiger partial charge in [0.1, 0.15) is 11.5 Å². The van der Waals surface area contributed by atoms with Crippen LogP contribution in [0.2, 0.25) is 0 Å². The number of ketones is 1. The first-order valence-electron chi connectivity index (χ1n) is 7.02. The number of nitrogens with zero attached hydrogens (tertiary/aromatic N) is 1. The van der Waals surface area contributed by atoms with Crippen molar-refractivity contribution in [2.75, 3.05) is 7.11 Å². The molecule has 1 aromatic heterocycles. The molecule has 0 aliphatic carbocycles. The minimum atomic E-state index is -0.677. The van der Waals surface area contributed by atoms with E-state index < -0.39 is 5.76 Å². The molecular weight excluding hydrogens is 330 g/mol. The van der Waals surface area contributed by atoms with Crippen molar-refractivity contribution in [3.63, 3.8) is 0 Å². The largest absolute Gasteiger partial charge is 0.497 e. The number of methoxy groups -OCH3 is 1. The molecule has 0 unspecified atom stereocenters. The maximum Gasteiger partial charge on any atom is 0.427 e. The van der Waals surface area contributed by atoms with Crippen LogP contribution in [-0.2, 0) is 0 Å². The number of oxazole rings is 1. The van der Waals surface area contributed by atoms with Crippen molar-refractivity contribution in [3.8, 4) is 11.5 Å².